The number of thiazole rings is 1. The summed E-state index contributed by atoms with van der Waals surface area (Å²) in [7, 11) is 0. The molecule has 0 saturated carbocycles. The number of aromatic nitrogens is 1. The van der Waals surface area contributed by atoms with E-state index in [1.165, 1.54) is 0 Å². The molecular formula is C14H15N3O2S. The number of hydrazone groups is 1. The highest BCUT2D eigenvalue weighted by molar-refractivity contribution is 7.20. The predicted molar refractivity (Wildman–Crippen MR) is 78.9 cm³/mol. The highest BCUT2D eigenvalue weighted by Crippen LogP contribution is 2.21. The molecule has 0 aliphatic carbocycles. The number of rotatable bonds is 3. The largest absolute Gasteiger partial charge is 0.368 e. The third-order valence-electron chi connectivity index (χ3n) is 3.16. The second kappa shape index (κ2) is 5.68. The van der Waals surface area contributed by atoms with Crippen molar-refractivity contribution in [3.05, 3.63) is 29.3 Å². The maximum Gasteiger partial charge on any atom is 0.269 e. The van der Waals surface area contributed by atoms with Crippen LogP contribution in [0, 0.1) is 0 Å². The van der Waals surface area contributed by atoms with Gasteiger partial charge in [0.15, 0.2) is 0 Å². The van der Waals surface area contributed by atoms with Gasteiger partial charge in [-0.2, -0.15) is 5.10 Å². The lowest BCUT2D eigenvalue weighted by molar-refractivity contribution is -0.130. The minimum atomic E-state index is -0.359. The average Bonchev–Trinajstić information content (AvgIpc) is 3.12. The van der Waals surface area contributed by atoms with Gasteiger partial charge in [-0.1, -0.05) is 12.1 Å². The molecule has 5 nitrogen and oxygen atoms in total. The van der Waals surface area contributed by atoms with Crippen molar-refractivity contribution in [2.24, 2.45) is 5.10 Å². The number of hydrogen-bond donors (Lipinski definition) is 1. The minimum absolute atomic E-state index is 0.178. The van der Waals surface area contributed by atoms with Crippen LogP contribution in [0.1, 0.15) is 24.8 Å². The molecule has 1 aromatic carbocycles. The van der Waals surface area contributed by atoms with E-state index in [4.69, 9.17) is 4.74 Å². The van der Waals surface area contributed by atoms with Gasteiger partial charge in [-0.3, -0.25) is 4.79 Å². The normalized spacial score (nSPS) is 19.4. The van der Waals surface area contributed by atoms with Crippen LogP contribution >= 0.6 is 11.3 Å². The maximum absolute atomic E-state index is 11.8. The highest BCUT2D eigenvalue weighted by atomic mass is 32.1. The van der Waals surface area contributed by atoms with E-state index in [1.807, 2.05) is 31.2 Å². The third-order valence-corrected chi connectivity index (χ3v) is 4.30. The smallest absolute Gasteiger partial charge is 0.269 e. The number of benzene rings is 1. The van der Waals surface area contributed by atoms with Gasteiger partial charge < -0.3 is 4.74 Å². The summed E-state index contributed by atoms with van der Waals surface area (Å²) in [6.07, 6.45) is 1.34. The van der Waals surface area contributed by atoms with E-state index < -0.39 is 0 Å². The Morgan fingerprint density at radius 2 is 2.35 bits per heavy atom. The monoisotopic (exact) mass is 289 g/mol. The van der Waals surface area contributed by atoms with Crippen LogP contribution in [0.2, 0.25) is 0 Å². The molecule has 0 bridgehead atoms. The van der Waals surface area contributed by atoms with E-state index in [9.17, 15) is 4.79 Å². The number of carbonyl (C=O) groups excluding carboxylic acids is 1. The number of carbonyl (C=O) groups is 1. The lowest BCUT2D eigenvalue weighted by atomic mass is 10.2. The molecule has 6 heteroatoms. The lowest BCUT2D eigenvalue weighted by Gasteiger charge is -2.06. The van der Waals surface area contributed by atoms with Crippen LogP contribution in [0.4, 0.5) is 0 Å². The summed E-state index contributed by atoms with van der Waals surface area (Å²) in [6.45, 7) is 2.49. The first-order valence-corrected chi connectivity index (χ1v) is 7.37. The van der Waals surface area contributed by atoms with Gasteiger partial charge in [0, 0.05) is 6.61 Å². The summed E-state index contributed by atoms with van der Waals surface area (Å²) in [5.41, 5.74) is 4.22. The summed E-state index contributed by atoms with van der Waals surface area (Å²) in [6, 6.07) is 7.93. The zero-order chi connectivity index (χ0) is 13.9. The summed E-state index contributed by atoms with van der Waals surface area (Å²) in [5, 5.41) is 4.94. The average molecular weight is 289 g/mol. The fourth-order valence-electron chi connectivity index (χ4n) is 2.07. The van der Waals surface area contributed by atoms with Gasteiger partial charge in [0.25, 0.3) is 5.91 Å². The van der Waals surface area contributed by atoms with Gasteiger partial charge >= 0.3 is 0 Å². The van der Waals surface area contributed by atoms with Gasteiger partial charge in [0.1, 0.15) is 11.1 Å². The van der Waals surface area contributed by atoms with Crippen molar-refractivity contribution < 1.29 is 9.53 Å². The van der Waals surface area contributed by atoms with Crippen molar-refractivity contribution >= 4 is 33.2 Å². The first kappa shape index (κ1) is 13.2. The molecular weight excluding hydrogens is 274 g/mol. The zero-order valence-corrected chi connectivity index (χ0v) is 11.9. The molecule has 1 N–H and O–H groups in total. The van der Waals surface area contributed by atoms with Crippen LogP contribution in [-0.2, 0) is 9.53 Å². The van der Waals surface area contributed by atoms with Crippen LogP contribution in [0.3, 0.4) is 0 Å². The first-order valence-electron chi connectivity index (χ1n) is 6.56. The van der Waals surface area contributed by atoms with Gasteiger partial charge in [0.2, 0.25) is 0 Å². The topological polar surface area (TPSA) is 63.6 Å². The van der Waals surface area contributed by atoms with Gasteiger partial charge in [-0.15, -0.1) is 11.3 Å². The van der Waals surface area contributed by atoms with E-state index in [1.54, 1.807) is 11.3 Å². The van der Waals surface area contributed by atoms with Crippen molar-refractivity contribution in [3.8, 4) is 0 Å². The van der Waals surface area contributed by atoms with E-state index in [0.717, 1.165) is 28.1 Å². The Labute approximate surface area is 120 Å². The molecule has 0 spiro atoms. The van der Waals surface area contributed by atoms with Crippen molar-refractivity contribution in [1.29, 1.82) is 0 Å². The molecule has 1 aliphatic heterocycles. The van der Waals surface area contributed by atoms with Crippen LogP contribution < -0.4 is 5.43 Å². The Hall–Kier alpha value is -1.79. The fourth-order valence-corrected chi connectivity index (χ4v) is 2.98. The molecule has 1 saturated heterocycles. The Bertz CT molecular complexity index is 626. The molecule has 1 aromatic heterocycles. The fraction of sp³-hybridized carbons (Fsp3) is 0.357. The molecule has 1 fully saturated rings. The van der Waals surface area contributed by atoms with Crippen LogP contribution in [0.5, 0.6) is 0 Å². The summed E-state index contributed by atoms with van der Waals surface area (Å²) >= 11 is 1.56. The number of para-hydroxylation sites is 1. The molecule has 1 unspecified atom stereocenters. The first-order chi connectivity index (χ1) is 9.74. The van der Waals surface area contributed by atoms with E-state index in [-0.39, 0.29) is 12.0 Å². The predicted octanol–water partition coefficient (Wildman–Crippen LogP) is 2.32. The number of nitrogens with zero attached hydrogens (tertiary/aromatic N) is 2. The van der Waals surface area contributed by atoms with Crippen molar-refractivity contribution in [2.45, 2.75) is 25.9 Å². The molecule has 3 rings (SSSR count). The standard InChI is InChI=1S/C14H15N3O2S/c1-9(16-17-13(18)11-6-4-8-19-11)14-15-10-5-2-3-7-12(10)20-14/h2-3,5,7,11H,4,6,8H2,1H3,(H,17,18). The van der Waals surface area contributed by atoms with Crippen molar-refractivity contribution in [2.75, 3.05) is 6.61 Å². The molecule has 1 atom stereocenters. The van der Waals surface area contributed by atoms with Gasteiger partial charge in [0.05, 0.1) is 15.9 Å². The second-order valence-corrected chi connectivity index (χ2v) is 5.69. The number of fused-ring (bicyclic) bond motifs is 1. The number of ether oxygens (including phenoxy) is 1. The summed E-state index contributed by atoms with van der Waals surface area (Å²) in [5.74, 6) is -0.178. The molecule has 104 valence electrons. The van der Waals surface area contributed by atoms with Crippen LogP contribution in [-0.4, -0.2) is 29.3 Å². The lowest BCUT2D eigenvalue weighted by Crippen LogP contribution is -2.31. The zero-order valence-electron chi connectivity index (χ0n) is 11.1. The molecule has 1 aliphatic rings. The van der Waals surface area contributed by atoms with E-state index in [2.05, 4.69) is 15.5 Å². The Morgan fingerprint density at radius 1 is 1.50 bits per heavy atom. The minimum Gasteiger partial charge on any atom is -0.368 e. The second-order valence-electron chi connectivity index (χ2n) is 4.66. The Balaban J connectivity index is 1.72. The SMILES string of the molecule is CC(=NNC(=O)C1CCCO1)c1nc2ccccc2s1. The van der Waals surface area contributed by atoms with Crippen LogP contribution in [0.15, 0.2) is 29.4 Å². The molecule has 2 aromatic rings. The quantitative estimate of drug-likeness (QED) is 0.696. The molecule has 2 heterocycles. The number of hydrogen-bond acceptors (Lipinski definition) is 5. The molecule has 1 amide bonds. The summed E-state index contributed by atoms with van der Waals surface area (Å²) in [4.78, 5) is 16.3. The van der Waals surface area contributed by atoms with E-state index >= 15 is 0 Å². The van der Waals surface area contributed by atoms with Gasteiger partial charge in [-0.25, -0.2) is 10.4 Å². The molecule has 20 heavy (non-hydrogen) atoms. The number of nitrogens with one attached hydrogen (secondary N) is 1. The third kappa shape index (κ3) is 2.71. The highest BCUT2D eigenvalue weighted by Gasteiger charge is 2.23. The Morgan fingerprint density at radius 3 is 3.10 bits per heavy atom. The maximum atomic E-state index is 11.8. The Kier molecular flexibility index (Phi) is 3.75. The molecule has 0 radical (unpaired) electrons. The van der Waals surface area contributed by atoms with Gasteiger partial charge in [-0.05, 0) is 31.9 Å². The van der Waals surface area contributed by atoms with Crippen molar-refractivity contribution in [1.82, 2.24) is 10.4 Å². The number of amides is 1. The van der Waals surface area contributed by atoms with Crippen LogP contribution in [0.25, 0.3) is 10.2 Å². The summed E-state index contributed by atoms with van der Waals surface area (Å²) < 4.78 is 6.42. The van der Waals surface area contributed by atoms with E-state index in [0.29, 0.717) is 12.3 Å². The van der Waals surface area contributed by atoms with Crippen molar-refractivity contribution in [3.63, 3.8) is 0 Å².